The predicted octanol–water partition coefficient (Wildman–Crippen LogP) is 5.32. The van der Waals surface area contributed by atoms with Crippen LogP contribution in [0.4, 0.5) is 5.69 Å². The summed E-state index contributed by atoms with van der Waals surface area (Å²) in [5, 5.41) is 5.40. The molecule has 0 bridgehead atoms. The normalized spacial score (nSPS) is 11.2. The van der Waals surface area contributed by atoms with Crippen LogP contribution in [-0.4, -0.2) is 30.9 Å². The summed E-state index contributed by atoms with van der Waals surface area (Å²) in [5.41, 5.74) is 3.52. The van der Waals surface area contributed by atoms with E-state index in [1.807, 2.05) is 72.8 Å². The number of benzene rings is 4. The zero-order chi connectivity index (χ0) is 29.0. The first-order valence-electron chi connectivity index (χ1n) is 13.1. The number of hydrogen-bond acceptors (Lipinski definition) is 6. The summed E-state index contributed by atoms with van der Waals surface area (Å²) in [6.45, 7) is 2.07. The van der Waals surface area contributed by atoms with Crippen LogP contribution in [0.2, 0.25) is 0 Å². The van der Waals surface area contributed by atoms with E-state index in [0.29, 0.717) is 36.0 Å². The third-order valence-corrected chi connectivity index (χ3v) is 6.16. The Morgan fingerprint density at radius 2 is 1.34 bits per heavy atom. The van der Waals surface area contributed by atoms with Gasteiger partial charge in [-0.05, 0) is 47.0 Å². The Morgan fingerprint density at radius 1 is 0.707 bits per heavy atom. The fourth-order valence-corrected chi connectivity index (χ4v) is 4.14. The second-order valence-electron chi connectivity index (χ2n) is 9.34. The first kappa shape index (κ1) is 28.9. The minimum atomic E-state index is -0.963. The van der Waals surface area contributed by atoms with Crippen molar-refractivity contribution in [2.75, 3.05) is 12.4 Å². The van der Waals surface area contributed by atoms with Crippen molar-refractivity contribution in [1.29, 1.82) is 0 Å². The van der Waals surface area contributed by atoms with Gasteiger partial charge in [0, 0.05) is 24.6 Å². The Labute approximate surface area is 239 Å². The fourth-order valence-electron chi connectivity index (χ4n) is 4.14. The van der Waals surface area contributed by atoms with Crippen molar-refractivity contribution in [3.05, 3.63) is 125 Å². The average molecular weight is 553 g/mol. The zero-order valence-electron chi connectivity index (χ0n) is 23.0. The summed E-state index contributed by atoms with van der Waals surface area (Å²) >= 11 is 0. The Kier molecular flexibility index (Phi) is 10.1. The maximum absolute atomic E-state index is 13.0. The Balaban J connectivity index is 1.53. The van der Waals surface area contributed by atoms with E-state index >= 15 is 0 Å². The number of hydrogen-bond donors (Lipinski definition) is 2. The highest BCUT2D eigenvalue weighted by Gasteiger charge is 2.24. The van der Waals surface area contributed by atoms with Gasteiger partial charge in [0.1, 0.15) is 19.3 Å². The number of nitrogens with one attached hydrogen (secondary N) is 2. The molecular weight excluding hydrogens is 520 g/mol. The lowest BCUT2D eigenvalue weighted by Gasteiger charge is -2.19. The van der Waals surface area contributed by atoms with E-state index in [1.165, 1.54) is 14.0 Å². The highest BCUT2D eigenvalue weighted by Crippen LogP contribution is 2.31. The highest BCUT2D eigenvalue weighted by molar-refractivity contribution is 5.98. The van der Waals surface area contributed by atoms with Crippen LogP contribution in [-0.2, 0) is 34.0 Å². The van der Waals surface area contributed by atoms with Crippen molar-refractivity contribution >= 4 is 23.5 Å². The number of esters is 1. The SMILES string of the molecule is COC(=O)[C@H](Cc1ccc(OCc2ccccc2)c(OCc2ccccc2)c1)NC(=O)c1cccc(NC(C)=O)c1. The average Bonchev–Trinajstić information content (AvgIpc) is 2.99. The lowest BCUT2D eigenvalue weighted by atomic mass is 10.0. The van der Waals surface area contributed by atoms with Gasteiger partial charge < -0.3 is 24.8 Å². The molecule has 210 valence electrons. The molecule has 0 spiro atoms. The number of anilines is 1. The molecule has 0 fully saturated rings. The molecule has 1 atom stereocenters. The fraction of sp³-hybridized carbons (Fsp3) is 0.182. The van der Waals surface area contributed by atoms with Gasteiger partial charge >= 0.3 is 5.97 Å². The molecule has 0 saturated carbocycles. The minimum Gasteiger partial charge on any atom is -0.485 e. The summed E-state index contributed by atoms with van der Waals surface area (Å²) in [5.74, 6) is -0.248. The summed E-state index contributed by atoms with van der Waals surface area (Å²) in [7, 11) is 1.27. The second-order valence-corrected chi connectivity index (χ2v) is 9.34. The molecule has 0 radical (unpaired) electrons. The Morgan fingerprint density at radius 3 is 1.95 bits per heavy atom. The molecule has 4 rings (SSSR count). The van der Waals surface area contributed by atoms with Crippen LogP contribution in [0.25, 0.3) is 0 Å². The molecule has 0 aliphatic rings. The third kappa shape index (κ3) is 8.69. The second kappa shape index (κ2) is 14.3. The van der Waals surface area contributed by atoms with Crippen molar-refractivity contribution < 1.29 is 28.6 Å². The molecule has 0 saturated heterocycles. The Bertz CT molecular complexity index is 1470. The molecule has 4 aromatic carbocycles. The standard InChI is InChI=1S/C33H32N2O6/c1-23(36)34-28-15-9-14-27(20-28)32(37)35-29(33(38)39-2)18-26-16-17-30(40-21-24-10-5-3-6-11-24)31(19-26)41-22-25-12-7-4-8-13-25/h3-17,19-20,29H,18,21-22H2,1-2H3,(H,34,36)(H,35,37)/t29-/m0/s1. The van der Waals surface area contributed by atoms with Gasteiger partial charge in [-0.3, -0.25) is 9.59 Å². The van der Waals surface area contributed by atoms with Gasteiger partial charge in [-0.2, -0.15) is 0 Å². The van der Waals surface area contributed by atoms with Gasteiger partial charge in [-0.15, -0.1) is 0 Å². The Hall–Kier alpha value is -5.11. The molecule has 0 aromatic heterocycles. The maximum Gasteiger partial charge on any atom is 0.328 e. The van der Waals surface area contributed by atoms with Crippen molar-refractivity contribution in [2.45, 2.75) is 32.6 Å². The quantitative estimate of drug-likeness (QED) is 0.231. The van der Waals surface area contributed by atoms with Crippen LogP contribution < -0.4 is 20.1 Å². The van der Waals surface area contributed by atoms with Crippen LogP contribution in [0.5, 0.6) is 11.5 Å². The topological polar surface area (TPSA) is 103 Å². The van der Waals surface area contributed by atoms with Gasteiger partial charge in [0.15, 0.2) is 11.5 Å². The largest absolute Gasteiger partial charge is 0.485 e. The summed E-state index contributed by atoms with van der Waals surface area (Å²) in [6, 6.07) is 30.5. The number of carbonyl (C=O) groups excluding carboxylic acids is 3. The van der Waals surface area contributed by atoms with E-state index in [9.17, 15) is 14.4 Å². The van der Waals surface area contributed by atoms with Gasteiger partial charge in [0.2, 0.25) is 5.91 Å². The number of carbonyl (C=O) groups is 3. The zero-order valence-corrected chi connectivity index (χ0v) is 23.0. The third-order valence-electron chi connectivity index (χ3n) is 6.16. The number of methoxy groups -OCH3 is 1. The van der Waals surface area contributed by atoms with E-state index in [1.54, 1.807) is 30.3 Å². The van der Waals surface area contributed by atoms with Gasteiger partial charge in [-0.1, -0.05) is 72.8 Å². The van der Waals surface area contributed by atoms with Crippen LogP contribution in [0, 0.1) is 0 Å². The minimum absolute atomic E-state index is 0.157. The molecule has 2 amide bonds. The van der Waals surface area contributed by atoms with E-state index in [2.05, 4.69) is 10.6 Å². The van der Waals surface area contributed by atoms with Crippen molar-refractivity contribution in [2.24, 2.45) is 0 Å². The van der Waals surface area contributed by atoms with Crippen molar-refractivity contribution in [1.82, 2.24) is 5.32 Å². The van der Waals surface area contributed by atoms with Gasteiger partial charge in [-0.25, -0.2) is 4.79 Å². The number of ether oxygens (including phenoxy) is 3. The van der Waals surface area contributed by atoms with Crippen LogP contribution in [0.15, 0.2) is 103 Å². The lowest BCUT2D eigenvalue weighted by Crippen LogP contribution is -2.43. The molecule has 4 aromatic rings. The number of rotatable bonds is 12. The first-order chi connectivity index (χ1) is 19.9. The number of amides is 2. The molecule has 8 heteroatoms. The van der Waals surface area contributed by atoms with E-state index in [4.69, 9.17) is 14.2 Å². The molecular formula is C33H32N2O6. The first-order valence-corrected chi connectivity index (χ1v) is 13.1. The van der Waals surface area contributed by atoms with E-state index < -0.39 is 17.9 Å². The lowest BCUT2D eigenvalue weighted by molar-refractivity contribution is -0.142. The van der Waals surface area contributed by atoms with Crippen LogP contribution in [0.3, 0.4) is 0 Å². The molecule has 2 N–H and O–H groups in total. The summed E-state index contributed by atoms with van der Waals surface area (Å²) in [6.07, 6.45) is 0.157. The van der Waals surface area contributed by atoms with Crippen molar-refractivity contribution in [3.63, 3.8) is 0 Å². The molecule has 41 heavy (non-hydrogen) atoms. The molecule has 0 aliphatic carbocycles. The molecule has 8 nitrogen and oxygen atoms in total. The summed E-state index contributed by atoms with van der Waals surface area (Å²) < 4.78 is 17.2. The molecule has 0 unspecified atom stereocenters. The van der Waals surface area contributed by atoms with E-state index in [-0.39, 0.29) is 12.3 Å². The van der Waals surface area contributed by atoms with Crippen LogP contribution in [0.1, 0.15) is 34.0 Å². The van der Waals surface area contributed by atoms with Crippen molar-refractivity contribution in [3.8, 4) is 11.5 Å². The van der Waals surface area contributed by atoms with Crippen LogP contribution >= 0.6 is 0 Å². The molecule has 0 heterocycles. The van der Waals surface area contributed by atoms with Gasteiger partial charge in [0.05, 0.1) is 7.11 Å². The summed E-state index contributed by atoms with van der Waals surface area (Å²) in [4.78, 5) is 37.1. The van der Waals surface area contributed by atoms with Gasteiger partial charge in [0.25, 0.3) is 5.91 Å². The smallest absolute Gasteiger partial charge is 0.328 e. The predicted molar refractivity (Wildman–Crippen MR) is 156 cm³/mol. The van der Waals surface area contributed by atoms with E-state index in [0.717, 1.165) is 16.7 Å². The molecule has 0 aliphatic heterocycles. The monoisotopic (exact) mass is 552 g/mol. The highest BCUT2D eigenvalue weighted by atomic mass is 16.5. The maximum atomic E-state index is 13.0.